The van der Waals surface area contributed by atoms with E-state index in [1.54, 1.807) is 19.1 Å². The van der Waals surface area contributed by atoms with Gasteiger partial charge in [0.25, 0.3) is 0 Å². The van der Waals surface area contributed by atoms with E-state index in [0.29, 0.717) is 12.6 Å². The molecule has 1 aliphatic carbocycles. The van der Waals surface area contributed by atoms with E-state index in [1.165, 1.54) is 0 Å². The van der Waals surface area contributed by atoms with Gasteiger partial charge in [-0.25, -0.2) is 0 Å². The third-order valence-electron chi connectivity index (χ3n) is 4.57. The van der Waals surface area contributed by atoms with Crippen molar-refractivity contribution in [2.24, 2.45) is 5.92 Å². The van der Waals surface area contributed by atoms with Crippen LogP contribution >= 0.6 is 0 Å². The fourth-order valence-electron chi connectivity index (χ4n) is 3.16. The van der Waals surface area contributed by atoms with Crippen molar-refractivity contribution in [1.82, 2.24) is 9.80 Å². The van der Waals surface area contributed by atoms with Crippen LogP contribution in [0.5, 0.6) is 0 Å². The minimum Gasteiger partial charge on any atom is -0.381 e. The maximum atomic E-state index is 12.4. The van der Waals surface area contributed by atoms with Gasteiger partial charge in [0.1, 0.15) is 0 Å². The third-order valence-corrected chi connectivity index (χ3v) is 4.57. The number of hydrogen-bond donors (Lipinski definition) is 0. The van der Waals surface area contributed by atoms with Crippen molar-refractivity contribution in [2.75, 3.05) is 27.2 Å². The summed E-state index contributed by atoms with van der Waals surface area (Å²) in [5, 5.41) is 0. The van der Waals surface area contributed by atoms with Gasteiger partial charge in [-0.2, -0.15) is 0 Å². The van der Waals surface area contributed by atoms with E-state index in [2.05, 4.69) is 0 Å². The lowest BCUT2D eigenvalue weighted by Crippen LogP contribution is -2.39. The van der Waals surface area contributed by atoms with E-state index in [-0.39, 0.29) is 17.9 Å². The van der Waals surface area contributed by atoms with Crippen LogP contribution in [0.25, 0.3) is 0 Å². The molecule has 1 heterocycles. The maximum absolute atomic E-state index is 12.4. The predicted octanol–water partition coefficient (Wildman–Crippen LogP) is 0.881. The van der Waals surface area contributed by atoms with Gasteiger partial charge in [-0.15, -0.1) is 0 Å². The summed E-state index contributed by atoms with van der Waals surface area (Å²) in [5.41, 5.74) is 0. The van der Waals surface area contributed by atoms with E-state index in [4.69, 9.17) is 4.74 Å². The Morgan fingerprint density at radius 3 is 2.53 bits per heavy atom. The Morgan fingerprint density at radius 1 is 1.26 bits per heavy atom. The Morgan fingerprint density at radius 2 is 1.95 bits per heavy atom. The van der Waals surface area contributed by atoms with Crippen LogP contribution < -0.4 is 0 Å². The number of likely N-dealkylation sites (N-methyl/N-ethyl adjacent to an activating group) is 1. The molecule has 1 atom stereocenters. The molecule has 0 aromatic rings. The average molecular weight is 268 g/mol. The van der Waals surface area contributed by atoms with Gasteiger partial charge in [0.2, 0.25) is 12.3 Å². The Hall–Kier alpha value is -1.10. The minimum atomic E-state index is 0.159. The fourth-order valence-corrected chi connectivity index (χ4v) is 3.16. The first-order valence-electron chi connectivity index (χ1n) is 7.14. The second-order valence-corrected chi connectivity index (χ2v) is 5.71. The van der Waals surface area contributed by atoms with E-state index in [9.17, 15) is 9.59 Å². The maximum Gasteiger partial charge on any atom is 0.225 e. The summed E-state index contributed by atoms with van der Waals surface area (Å²) in [7, 11) is 3.53. The standard InChI is InChI=1S/C14H24N2O3/c1-15(10-17)12-7-8-16(9-12)14(18)11-3-5-13(19-2)6-4-11/h10-13H,3-9H2,1-2H3. The second-order valence-electron chi connectivity index (χ2n) is 5.71. The van der Waals surface area contributed by atoms with Crippen molar-refractivity contribution in [1.29, 1.82) is 0 Å². The van der Waals surface area contributed by atoms with E-state index in [1.807, 2.05) is 4.90 Å². The van der Waals surface area contributed by atoms with E-state index < -0.39 is 0 Å². The molecule has 2 amide bonds. The smallest absolute Gasteiger partial charge is 0.225 e. The SMILES string of the molecule is COC1CCC(C(=O)N2CCC(N(C)C=O)C2)CC1. The lowest BCUT2D eigenvalue weighted by molar-refractivity contribution is -0.136. The average Bonchev–Trinajstić information content (AvgIpc) is 2.95. The lowest BCUT2D eigenvalue weighted by atomic mass is 9.86. The molecular weight excluding hydrogens is 244 g/mol. The summed E-state index contributed by atoms with van der Waals surface area (Å²) in [4.78, 5) is 26.8. The third kappa shape index (κ3) is 3.26. The second kappa shape index (κ2) is 6.37. The number of nitrogens with zero attached hydrogens (tertiary/aromatic N) is 2. The highest BCUT2D eigenvalue weighted by Crippen LogP contribution is 2.28. The van der Waals surface area contributed by atoms with Gasteiger partial charge >= 0.3 is 0 Å². The Balaban J connectivity index is 1.83. The van der Waals surface area contributed by atoms with Gasteiger partial charge in [-0.05, 0) is 32.1 Å². The number of carbonyl (C=O) groups excluding carboxylic acids is 2. The molecule has 2 fully saturated rings. The van der Waals surface area contributed by atoms with Crippen molar-refractivity contribution in [3.63, 3.8) is 0 Å². The van der Waals surface area contributed by atoms with Crippen LogP contribution in [0.4, 0.5) is 0 Å². The zero-order chi connectivity index (χ0) is 13.8. The highest BCUT2D eigenvalue weighted by Gasteiger charge is 2.34. The van der Waals surface area contributed by atoms with Gasteiger partial charge in [-0.1, -0.05) is 0 Å². The predicted molar refractivity (Wildman–Crippen MR) is 71.6 cm³/mol. The molecule has 0 aromatic heterocycles. The lowest BCUT2D eigenvalue weighted by Gasteiger charge is -2.30. The van der Waals surface area contributed by atoms with Crippen LogP contribution in [-0.2, 0) is 14.3 Å². The summed E-state index contributed by atoms with van der Waals surface area (Å²) in [5.74, 6) is 0.433. The zero-order valence-corrected chi connectivity index (χ0v) is 11.9. The van der Waals surface area contributed by atoms with Gasteiger partial charge < -0.3 is 14.5 Å². The van der Waals surface area contributed by atoms with Crippen LogP contribution in [0.1, 0.15) is 32.1 Å². The van der Waals surface area contributed by atoms with Crippen LogP contribution in [0, 0.1) is 5.92 Å². The van der Waals surface area contributed by atoms with Crippen molar-refractivity contribution in [2.45, 2.75) is 44.2 Å². The molecule has 2 aliphatic rings. The van der Waals surface area contributed by atoms with E-state index in [0.717, 1.165) is 45.1 Å². The van der Waals surface area contributed by atoms with Crippen LogP contribution in [-0.4, -0.2) is 61.5 Å². The van der Waals surface area contributed by atoms with Gasteiger partial charge in [0, 0.05) is 33.2 Å². The first kappa shape index (κ1) is 14.3. The van der Waals surface area contributed by atoms with Crippen molar-refractivity contribution in [3.05, 3.63) is 0 Å². The number of amides is 2. The number of methoxy groups -OCH3 is 1. The summed E-state index contributed by atoms with van der Waals surface area (Å²) < 4.78 is 5.34. The number of hydrogen-bond acceptors (Lipinski definition) is 3. The molecule has 0 bridgehead atoms. The Labute approximate surface area is 114 Å². The molecule has 0 radical (unpaired) electrons. The highest BCUT2D eigenvalue weighted by atomic mass is 16.5. The largest absolute Gasteiger partial charge is 0.381 e. The van der Waals surface area contributed by atoms with Crippen molar-refractivity contribution >= 4 is 12.3 Å². The molecule has 5 nitrogen and oxygen atoms in total. The normalized spacial score (nSPS) is 31.3. The topological polar surface area (TPSA) is 49.9 Å². The molecule has 0 spiro atoms. The van der Waals surface area contributed by atoms with Gasteiger partial charge in [-0.3, -0.25) is 9.59 Å². The molecule has 1 saturated carbocycles. The molecule has 1 saturated heterocycles. The zero-order valence-electron chi connectivity index (χ0n) is 11.9. The van der Waals surface area contributed by atoms with Gasteiger partial charge in [0.15, 0.2) is 0 Å². The Kier molecular flexibility index (Phi) is 4.80. The van der Waals surface area contributed by atoms with E-state index >= 15 is 0 Å². The molecule has 1 aliphatic heterocycles. The van der Waals surface area contributed by atoms with Crippen molar-refractivity contribution in [3.8, 4) is 0 Å². The van der Waals surface area contributed by atoms with Gasteiger partial charge in [0.05, 0.1) is 12.1 Å². The summed E-state index contributed by atoms with van der Waals surface area (Å²) >= 11 is 0. The van der Waals surface area contributed by atoms with Crippen LogP contribution in [0.3, 0.4) is 0 Å². The number of rotatable bonds is 4. The first-order valence-corrected chi connectivity index (χ1v) is 7.14. The van der Waals surface area contributed by atoms with Crippen LogP contribution in [0.15, 0.2) is 0 Å². The molecular formula is C14H24N2O3. The monoisotopic (exact) mass is 268 g/mol. The number of ether oxygens (including phenoxy) is 1. The minimum absolute atomic E-state index is 0.159. The Bertz CT molecular complexity index is 327. The highest BCUT2D eigenvalue weighted by molar-refractivity contribution is 5.79. The summed E-state index contributed by atoms with van der Waals surface area (Å²) in [6.45, 7) is 1.48. The molecule has 0 N–H and O–H groups in total. The first-order chi connectivity index (χ1) is 9.15. The van der Waals surface area contributed by atoms with Crippen LogP contribution in [0.2, 0.25) is 0 Å². The fraction of sp³-hybridized carbons (Fsp3) is 0.857. The van der Waals surface area contributed by atoms with Crippen molar-refractivity contribution < 1.29 is 14.3 Å². The quantitative estimate of drug-likeness (QED) is 0.711. The molecule has 19 heavy (non-hydrogen) atoms. The number of likely N-dealkylation sites (tertiary alicyclic amines) is 1. The molecule has 1 unspecified atom stereocenters. The molecule has 5 heteroatoms. The summed E-state index contributed by atoms with van der Waals surface area (Å²) in [6.07, 6.45) is 5.91. The summed E-state index contributed by atoms with van der Waals surface area (Å²) in [6, 6.07) is 0.191. The number of carbonyl (C=O) groups is 2. The molecule has 0 aromatic carbocycles. The molecule has 2 rings (SSSR count). The molecule has 108 valence electrons.